The number of imide groups is 1. The van der Waals surface area contributed by atoms with Crippen molar-refractivity contribution in [2.75, 3.05) is 4.90 Å². The largest absolute Gasteiger partial charge is 0.268 e. The Kier molecular flexibility index (Phi) is 3.09. The second kappa shape index (κ2) is 5.33. The van der Waals surface area contributed by atoms with Gasteiger partial charge in [0.2, 0.25) is 0 Å². The highest BCUT2D eigenvalue weighted by molar-refractivity contribution is 7.99. The first-order chi connectivity index (χ1) is 12.2. The zero-order valence-corrected chi connectivity index (χ0v) is 14.0. The number of benzene rings is 3. The number of hydrogen-bond acceptors (Lipinski definition) is 3. The van der Waals surface area contributed by atoms with Crippen molar-refractivity contribution < 1.29 is 9.59 Å². The number of anilines is 1. The van der Waals surface area contributed by atoms with Gasteiger partial charge in [0.15, 0.2) is 0 Å². The average Bonchev–Trinajstić information content (AvgIpc) is 2.91. The molecule has 0 fully saturated rings. The minimum atomic E-state index is -0.248. The summed E-state index contributed by atoms with van der Waals surface area (Å²) >= 11 is 1.69. The Morgan fingerprint density at radius 1 is 0.720 bits per heavy atom. The van der Waals surface area contributed by atoms with E-state index in [0.29, 0.717) is 16.8 Å². The summed E-state index contributed by atoms with van der Waals surface area (Å²) in [5.41, 5.74) is 4.13. The first-order valence-corrected chi connectivity index (χ1v) is 8.90. The molecule has 0 spiro atoms. The summed E-state index contributed by atoms with van der Waals surface area (Å²) < 4.78 is 0. The standard InChI is InChI=1S/C21H13NO2S/c23-20-16-6-2-3-7-17(16)21(24)22(20)15-10-9-14-11-13-5-1-4-8-18(13)25-19(14)12-15/h1-10,12H,11H2. The molecular weight excluding hydrogens is 330 g/mol. The highest BCUT2D eigenvalue weighted by Crippen LogP contribution is 2.41. The van der Waals surface area contributed by atoms with Gasteiger partial charge in [0.1, 0.15) is 0 Å². The maximum atomic E-state index is 12.7. The van der Waals surface area contributed by atoms with Gasteiger partial charge in [-0.05, 0) is 47.9 Å². The molecule has 0 N–H and O–H groups in total. The number of carbonyl (C=O) groups is 2. The molecule has 0 radical (unpaired) electrons. The Hall–Kier alpha value is -2.85. The van der Waals surface area contributed by atoms with Gasteiger partial charge in [0, 0.05) is 9.79 Å². The lowest BCUT2D eigenvalue weighted by atomic mass is 10.0. The van der Waals surface area contributed by atoms with Crippen molar-refractivity contribution in [3.05, 3.63) is 89.0 Å². The normalized spacial score (nSPS) is 15.0. The number of fused-ring (bicyclic) bond motifs is 3. The van der Waals surface area contributed by atoms with Gasteiger partial charge in [0.25, 0.3) is 11.8 Å². The lowest BCUT2D eigenvalue weighted by molar-refractivity contribution is 0.0926. The third-order valence-electron chi connectivity index (χ3n) is 4.68. The van der Waals surface area contributed by atoms with Crippen molar-refractivity contribution in [1.29, 1.82) is 0 Å². The fourth-order valence-corrected chi connectivity index (χ4v) is 4.53. The zero-order valence-electron chi connectivity index (χ0n) is 13.2. The SMILES string of the molecule is O=C1c2ccccc2C(=O)N1c1ccc2c(c1)Sc1ccccc1C2. The van der Waals surface area contributed by atoms with E-state index in [4.69, 9.17) is 0 Å². The van der Waals surface area contributed by atoms with Crippen molar-refractivity contribution in [3.8, 4) is 0 Å². The Morgan fingerprint density at radius 2 is 1.36 bits per heavy atom. The first-order valence-electron chi connectivity index (χ1n) is 8.09. The summed E-state index contributed by atoms with van der Waals surface area (Å²) in [5.74, 6) is -0.497. The van der Waals surface area contributed by atoms with E-state index in [0.717, 1.165) is 11.3 Å². The van der Waals surface area contributed by atoms with Crippen LogP contribution in [0.15, 0.2) is 76.5 Å². The van der Waals surface area contributed by atoms with Gasteiger partial charge < -0.3 is 0 Å². The highest BCUT2D eigenvalue weighted by Gasteiger charge is 2.36. The molecule has 2 amide bonds. The van der Waals surface area contributed by atoms with Gasteiger partial charge in [-0.3, -0.25) is 9.59 Å². The first kappa shape index (κ1) is 14.5. The van der Waals surface area contributed by atoms with E-state index in [1.807, 2.05) is 24.3 Å². The minimum absolute atomic E-state index is 0.248. The van der Waals surface area contributed by atoms with E-state index in [2.05, 4.69) is 18.2 Å². The van der Waals surface area contributed by atoms with Crippen LogP contribution in [0.2, 0.25) is 0 Å². The molecule has 2 heterocycles. The van der Waals surface area contributed by atoms with Crippen LogP contribution in [0, 0.1) is 0 Å². The summed E-state index contributed by atoms with van der Waals surface area (Å²) in [6.45, 7) is 0. The Labute approximate surface area is 149 Å². The van der Waals surface area contributed by atoms with Crippen molar-refractivity contribution in [2.45, 2.75) is 16.2 Å². The summed E-state index contributed by atoms with van der Waals surface area (Å²) in [6.07, 6.45) is 0.876. The zero-order chi connectivity index (χ0) is 17.0. The van der Waals surface area contributed by atoms with Crippen LogP contribution < -0.4 is 4.90 Å². The van der Waals surface area contributed by atoms with Gasteiger partial charge in [-0.1, -0.05) is 48.2 Å². The Morgan fingerprint density at radius 3 is 2.12 bits per heavy atom. The highest BCUT2D eigenvalue weighted by atomic mass is 32.2. The van der Waals surface area contributed by atoms with Crippen LogP contribution >= 0.6 is 11.8 Å². The monoisotopic (exact) mass is 343 g/mol. The molecular formula is C21H13NO2S. The number of amides is 2. The van der Waals surface area contributed by atoms with Gasteiger partial charge in [0.05, 0.1) is 16.8 Å². The van der Waals surface area contributed by atoms with Crippen LogP contribution in [-0.2, 0) is 6.42 Å². The molecule has 5 rings (SSSR count). The second-order valence-corrected chi connectivity index (χ2v) is 7.25. The lowest BCUT2D eigenvalue weighted by Gasteiger charge is -2.21. The maximum Gasteiger partial charge on any atom is 0.266 e. The number of nitrogens with zero attached hydrogens (tertiary/aromatic N) is 1. The average molecular weight is 343 g/mol. The van der Waals surface area contributed by atoms with Crippen LogP contribution in [0.4, 0.5) is 5.69 Å². The molecule has 2 aliphatic heterocycles. The van der Waals surface area contributed by atoms with Crippen molar-refractivity contribution in [1.82, 2.24) is 0 Å². The quantitative estimate of drug-likeness (QED) is 0.476. The van der Waals surface area contributed by atoms with Crippen LogP contribution in [-0.4, -0.2) is 11.8 Å². The number of hydrogen-bond donors (Lipinski definition) is 0. The minimum Gasteiger partial charge on any atom is -0.268 e. The van der Waals surface area contributed by atoms with E-state index < -0.39 is 0 Å². The fourth-order valence-electron chi connectivity index (χ4n) is 3.42. The van der Waals surface area contributed by atoms with E-state index >= 15 is 0 Å². The number of rotatable bonds is 1. The van der Waals surface area contributed by atoms with Crippen LogP contribution in [0.5, 0.6) is 0 Å². The number of carbonyl (C=O) groups excluding carboxylic acids is 2. The molecule has 25 heavy (non-hydrogen) atoms. The third-order valence-corrected chi connectivity index (χ3v) is 5.89. The van der Waals surface area contributed by atoms with Gasteiger partial charge >= 0.3 is 0 Å². The summed E-state index contributed by atoms with van der Waals surface area (Å²) in [7, 11) is 0. The van der Waals surface area contributed by atoms with Gasteiger partial charge in [-0.2, -0.15) is 0 Å². The maximum absolute atomic E-state index is 12.7. The molecule has 2 aliphatic rings. The molecule has 0 atom stereocenters. The fraction of sp³-hybridized carbons (Fsp3) is 0.0476. The molecule has 0 aromatic heterocycles. The third kappa shape index (κ3) is 2.14. The molecule has 0 aliphatic carbocycles. The van der Waals surface area contributed by atoms with Crippen LogP contribution in [0.25, 0.3) is 0 Å². The Balaban J connectivity index is 1.56. The second-order valence-electron chi connectivity index (χ2n) is 6.17. The molecule has 3 aromatic carbocycles. The smallest absolute Gasteiger partial charge is 0.266 e. The molecule has 0 bridgehead atoms. The van der Waals surface area contributed by atoms with Crippen molar-refractivity contribution in [3.63, 3.8) is 0 Å². The molecule has 120 valence electrons. The van der Waals surface area contributed by atoms with Crippen LogP contribution in [0.1, 0.15) is 31.8 Å². The lowest BCUT2D eigenvalue weighted by Crippen LogP contribution is -2.29. The predicted molar refractivity (Wildman–Crippen MR) is 97.4 cm³/mol. The van der Waals surface area contributed by atoms with E-state index in [1.54, 1.807) is 36.0 Å². The summed E-state index contributed by atoms with van der Waals surface area (Å²) in [5, 5.41) is 0. The van der Waals surface area contributed by atoms with E-state index in [-0.39, 0.29) is 11.8 Å². The van der Waals surface area contributed by atoms with E-state index in [1.165, 1.54) is 20.9 Å². The molecule has 4 heteroatoms. The molecule has 3 aromatic rings. The molecule has 0 unspecified atom stereocenters. The predicted octanol–water partition coefficient (Wildman–Crippen LogP) is 4.54. The van der Waals surface area contributed by atoms with Crippen LogP contribution in [0.3, 0.4) is 0 Å². The van der Waals surface area contributed by atoms with Crippen molar-refractivity contribution in [2.24, 2.45) is 0 Å². The summed E-state index contributed by atoms with van der Waals surface area (Å²) in [4.78, 5) is 29.0. The van der Waals surface area contributed by atoms with Gasteiger partial charge in [-0.25, -0.2) is 4.90 Å². The molecule has 3 nitrogen and oxygen atoms in total. The molecule has 0 saturated carbocycles. The van der Waals surface area contributed by atoms with E-state index in [9.17, 15) is 9.59 Å². The molecule has 0 saturated heterocycles. The van der Waals surface area contributed by atoms with Crippen molar-refractivity contribution >= 4 is 29.3 Å². The van der Waals surface area contributed by atoms with Gasteiger partial charge in [-0.15, -0.1) is 0 Å². The topological polar surface area (TPSA) is 37.4 Å². The summed E-state index contributed by atoms with van der Waals surface area (Å²) in [6, 6.07) is 21.2. The Bertz CT molecular complexity index is 1020.